The van der Waals surface area contributed by atoms with Gasteiger partial charge in [-0.25, -0.2) is 17.1 Å². The fourth-order valence-electron chi connectivity index (χ4n) is 2.66. The number of rotatable bonds is 4. The third-order valence-corrected chi connectivity index (χ3v) is 5.90. The summed E-state index contributed by atoms with van der Waals surface area (Å²) in [6, 6.07) is 2.19. The first kappa shape index (κ1) is 19.6. The van der Waals surface area contributed by atoms with Crippen LogP contribution in [0.4, 0.5) is 23.2 Å². The summed E-state index contributed by atoms with van der Waals surface area (Å²) in [7, 11) is -3.44. The number of sulfonamides is 1. The maximum absolute atomic E-state index is 13.3. The van der Waals surface area contributed by atoms with Crippen molar-refractivity contribution in [1.29, 1.82) is 0 Å². The van der Waals surface area contributed by atoms with Crippen LogP contribution >= 0.6 is 0 Å². The van der Waals surface area contributed by atoms with Crippen LogP contribution in [0.15, 0.2) is 18.2 Å². The summed E-state index contributed by atoms with van der Waals surface area (Å²) >= 11 is 0. The Morgan fingerprint density at radius 1 is 1.36 bits per heavy atom. The quantitative estimate of drug-likeness (QED) is 0.815. The Hall–Kier alpha value is -1.68. The van der Waals surface area contributed by atoms with Gasteiger partial charge < -0.3 is 5.32 Å². The van der Waals surface area contributed by atoms with Crippen LogP contribution in [0.25, 0.3) is 0 Å². The second-order valence-electron chi connectivity index (χ2n) is 5.78. The molecule has 1 saturated heterocycles. The van der Waals surface area contributed by atoms with Crippen molar-refractivity contribution in [3.05, 3.63) is 29.6 Å². The molecule has 1 fully saturated rings. The third kappa shape index (κ3) is 4.69. The van der Waals surface area contributed by atoms with Crippen molar-refractivity contribution in [1.82, 2.24) is 4.31 Å². The molecule has 0 saturated carbocycles. The Labute approximate surface area is 143 Å². The minimum Gasteiger partial charge on any atom is -0.326 e. The highest BCUT2D eigenvalue weighted by Crippen LogP contribution is 2.33. The number of alkyl halides is 3. The monoisotopic (exact) mass is 382 g/mol. The molecule has 1 aromatic rings. The molecular weight excluding hydrogens is 364 g/mol. The van der Waals surface area contributed by atoms with Gasteiger partial charge in [0.25, 0.3) is 0 Å². The fraction of sp³-hybridized carbons (Fsp3) is 0.533. The molecule has 1 aliphatic heterocycles. The number of carbonyl (C=O) groups is 1. The molecule has 0 aromatic heterocycles. The molecular formula is C15H18F4N2O3S. The van der Waals surface area contributed by atoms with Gasteiger partial charge in [0.05, 0.1) is 17.2 Å². The number of piperidine rings is 1. The summed E-state index contributed by atoms with van der Waals surface area (Å²) in [6.07, 6.45) is -3.97. The lowest BCUT2D eigenvalue weighted by atomic mass is 9.98. The highest BCUT2D eigenvalue weighted by Gasteiger charge is 2.35. The van der Waals surface area contributed by atoms with Gasteiger partial charge in [0, 0.05) is 18.8 Å². The van der Waals surface area contributed by atoms with Crippen LogP contribution in [0.2, 0.25) is 0 Å². The first-order valence-corrected chi connectivity index (χ1v) is 9.31. The van der Waals surface area contributed by atoms with Crippen molar-refractivity contribution < 1.29 is 30.8 Å². The number of hydrogen-bond donors (Lipinski definition) is 1. The molecule has 5 nitrogen and oxygen atoms in total. The van der Waals surface area contributed by atoms with E-state index in [-0.39, 0.29) is 18.0 Å². The number of amides is 1. The van der Waals surface area contributed by atoms with Gasteiger partial charge >= 0.3 is 6.18 Å². The van der Waals surface area contributed by atoms with E-state index in [0.29, 0.717) is 31.5 Å². The highest BCUT2D eigenvalue weighted by atomic mass is 32.2. The lowest BCUT2D eigenvalue weighted by Crippen LogP contribution is -2.44. The number of hydrogen-bond acceptors (Lipinski definition) is 3. The molecule has 0 bridgehead atoms. The Bertz CT molecular complexity index is 750. The van der Waals surface area contributed by atoms with Crippen LogP contribution in [0.5, 0.6) is 0 Å². The number of benzene rings is 1. The van der Waals surface area contributed by atoms with Crippen molar-refractivity contribution in [2.45, 2.75) is 25.9 Å². The summed E-state index contributed by atoms with van der Waals surface area (Å²) in [5.74, 6) is -2.78. The Kier molecular flexibility index (Phi) is 5.72. The first-order valence-electron chi connectivity index (χ1n) is 7.70. The van der Waals surface area contributed by atoms with E-state index in [2.05, 4.69) is 5.32 Å². The zero-order valence-electron chi connectivity index (χ0n) is 13.4. The molecule has 0 unspecified atom stereocenters. The van der Waals surface area contributed by atoms with Gasteiger partial charge in [-0.15, -0.1) is 0 Å². The number of halogens is 4. The van der Waals surface area contributed by atoms with E-state index >= 15 is 0 Å². The van der Waals surface area contributed by atoms with Crippen LogP contribution in [-0.2, 0) is 21.0 Å². The standard InChI is InChI=1S/C15H18F4N2O3S/c1-2-25(23,24)21-7-3-4-10(9-21)14(22)20-11-5-6-13(16)12(8-11)15(17,18)19/h5-6,8,10H,2-4,7,9H2,1H3,(H,20,22)/t10-/m1/s1. The van der Waals surface area contributed by atoms with Crippen LogP contribution < -0.4 is 5.32 Å². The molecule has 1 heterocycles. The molecule has 0 aliphatic carbocycles. The highest BCUT2D eigenvalue weighted by molar-refractivity contribution is 7.89. The smallest absolute Gasteiger partial charge is 0.326 e. The summed E-state index contributed by atoms with van der Waals surface area (Å²) in [4.78, 5) is 12.3. The zero-order chi connectivity index (χ0) is 18.8. The molecule has 2 rings (SSSR count). The van der Waals surface area contributed by atoms with Crippen LogP contribution in [-0.4, -0.2) is 37.5 Å². The van der Waals surface area contributed by atoms with Crippen molar-refractivity contribution in [2.24, 2.45) is 5.92 Å². The van der Waals surface area contributed by atoms with Gasteiger partial charge in [-0.3, -0.25) is 4.79 Å². The number of anilines is 1. The maximum Gasteiger partial charge on any atom is 0.419 e. The third-order valence-electron chi connectivity index (χ3n) is 4.05. The molecule has 0 spiro atoms. The van der Waals surface area contributed by atoms with E-state index in [1.54, 1.807) is 0 Å². The predicted octanol–water partition coefficient (Wildman–Crippen LogP) is 2.84. The minimum atomic E-state index is -4.87. The lowest BCUT2D eigenvalue weighted by Gasteiger charge is -2.30. The van der Waals surface area contributed by atoms with Crippen LogP contribution in [0, 0.1) is 11.7 Å². The van der Waals surface area contributed by atoms with E-state index in [1.807, 2.05) is 0 Å². The summed E-state index contributed by atoms with van der Waals surface area (Å²) in [5, 5.41) is 2.31. The zero-order valence-corrected chi connectivity index (χ0v) is 14.3. The van der Waals surface area contributed by atoms with E-state index in [1.165, 1.54) is 11.2 Å². The lowest BCUT2D eigenvalue weighted by molar-refractivity contribution is -0.140. The van der Waals surface area contributed by atoms with Crippen molar-refractivity contribution in [3.8, 4) is 0 Å². The number of carbonyl (C=O) groups excluding carboxylic acids is 1. The Morgan fingerprint density at radius 3 is 2.64 bits per heavy atom. The molecule has 1 atom stereocenters. The van der Waals surface area contributed by atoms with Gasteiger partial charge in [-0.1, -0.05) is 0 Å². The molecule has 10 heteroatoms. The van der Waals surface area contributed by atoms with Gasteiger partial charge in [0.1, 0.15) is 5.82 Å². The van der Waals surface area contributed by atoms with Gasteiger partial charge in [-0.2, -0.15) is 13.2 Å². The largest absolute Gasteiger partial charge is 0.419 e. The second kappa shape index (κ2) is 7.28. The topological polar surface area (TPSA) is 66.5 Å². The summed E-state index contributed by atoms with van der Waals surface area (Å²) < 4.78 is 76.4. The molecule has 1 N–H and O–H groups in total. The van der Waals surface area contributed by atoms with Gasteiger partial charge in [-0.05, 0) is 38.0 Å². The second-order valence-corrected chi connectivity index (χ2v) is 8.04. The molecule has 25 heavy (non-hydrogen) atoms. The Balaban J connectivity index is 2.12. The van der Waals surface area contributed by atoms with E-state index in [0.717, 1.165) is 6.07 Å². The molecule has 0 radical (unpaired) electrons. The summed E-state index contributed by atoms with van der Waals surface area (Å²) in [6.45, 7) is 1.79. The summed E-state index contributed by atoms with van der Waals surface area (Å²) in [5.41, 5.74) is -1.65. The van der Waals surface area contributed by atoms with Crippen LogP contribution in [0.3, 0.4) is 0 Å². The molecule has 1 aromatic carbocycles. The van der Waals surface area contributed by atoms with E-state index in [9.17, 15) is 30.8 Å². The van der Waals surface area contributed by atoms with Crippen molar-refractivity contribution >= 4 is 21.6 Å². The van der Waals surface area contributed by atoms with Gasteiger partial charge in [0.2, 0.25) is 15.9 Å². The van der Waals surface area contributed by atoms with Crippen molar-refractivity contribution in [2.75, 3.05) is 24.2 Å². The maximum atomic E-state index is 13.3. The van der Waals surface area contributed by atoms with E-state index in [4.69, 9.17) is 0 Å². The van der Waals surface area contributed by atoms with E-state index < -0.39 is 39.4 Å². The number of nitrogens with one attached hydrogen (secondary N) is 1. The number of nitrogens with zero attached hydrogens (tertiary/aromatic N) is 1. The Morgan fingerprint density at radius 2 is 2.04 bits per heavy atom. The first-order chi connectivity index (χ1) is 11.5. The minimum absolute atomic E-state index is 0.0185. The normalized spacial score (nSPS) is 19.6. The average Bonchev–Trinajstić information content (AvgIpc) is 2.55. The molecule has 140 valence electrons. The predicted molar refractivity (Wildman–Crippen MR) is 83.8 cm³/mol. The fourth-order valence-corrected chi connectivity index (χ4v) is 3.84. The van der Waals surface area contributed by atoms with Gasteiger partial charge in [0.15, 0.2) is 0 Å². The van der Waals surface area contributed by atoms with Crippen LogP contribution in [0.1, 0.15) is 25.3 Å². The van der Waals surface area contributed by atoms with Crippen molar-refractivity contribution in [3.63, 3.8) is 0 Å². The average molecular weight is 382 g/mol. The SMILES string of the molecule is CCS(=O)(=O)N1CCC[C@@H](C(=O)Nc2ccc(F)c(C(F)(F)F)c2)C1. The molecule has 1 aliphatic rings. The molecule has 1 amide bonds.